The number of nitrogens with one attached hydrogen (secondary N) is 1. The predicted octanol–water partition coefficient (Wildman–Crippen LogP) is 2.85. The third-order valence-corrected chi connectivity index (χ3v) is 3.85. The van der Waals surface area contributed by atoms with Crippen molar-refractivity contribution in [1.29, 1.82) is 0 Å². The molecule has 1 atom stereocenters. The first-order valence-corrected chi connectivity index (χ1v) is 9.23. The van der Waals surface area contributed by atoms with Crippen LogP contribution in [0.1, 0.15) is 54.9 Å². The molecule has 0 radical (unpaired) electrons. The normalized spacial score (nSPS) is 12.1. The van der Waals surface area contributed by atoms with E-state index in [2.05, 4.69) is 12.2 Å². The Kier molecular flexibility index (Phi) is 13.1. The SMILES string of the molecule is CCCCNCc1ccccc1C(=O)[C@@H](N)CCCCN.O=C(O)C(F)(F)F. The molecule has 1 aromatic rings. The molecule has 0 aliphatic carbocycles. The van der Waals surface area contributed by atoms with Gasteiger partial charge in [-0.25, -0.2) is 4.79 Å². The van der Waals surface area contributed by atoms with Crippen LogP contribution >= 0.6 is 0 Å². The number of ketones is 1. The topological polar surface area (TPSA) is 118 Å². The van der Waals surface area contributed by atoms with Gasteiger partial charge in [-0.1, -0.05) is 44.0 Å². The largest absolute Gasteiger partial charge is 0.490 e. The van der Waals surface area contributed by atoms with Gasteiger partial charge in [0.05, 0.1) is 6.04 Å². The number of carbonyl (C=O) groups excluding carboxylic acids is 1. The molecule has 6 nitrogen and oxygen atoms in total. The monoisotopic (exact) mass is 405 g/mol. The highest BCUT2D eigenvalue weighted by Crippen LogP contribution is 2.14. The van der Waals surface area contributed by atoms with Crippen LogP contribution < -0.4 is 16.8 Å². The molecule has 0 heterocycles. The van der Waals surface area contributed by atoms with Crippen LogP contribution in [-0.4, -0.2) is 42.2 Å². The zero-order chi connectivity index (χ0) is 21.6. The first kappa shape index (κ1) is 26.0. The molecule has 0 saturated heterocycles. The van der Waals surface area contributed by atoms with Crippen LogP contribution in [0.5, 0.6) is 0 Å². The molecule has 0 aliphatic rings. The number of alkyl halides is 3. The molecule has 1 rings (SSSR count). The number of unbranched alkanes of at least 4 members (excludes halogenated alkanes) is 2. The lowest BCUT2D eigenvalue weighted by Gasteiger charge is -2.14. The maximum Gasteiger partial charge on any atom is 0.490 e. The number of aliphatic carboxylic acids is 1. The number of benzene rings is 1. The van der Waals surface area contributed by atoms with Crippen molar-refractivity contribution >= 4 is 11.8 Å². The summed E-state index contributed by atoms with van der Waals surface area (Å²) in [5, 5.41) is 10.5. The summed E-state index contributed by atoms with van der Waals surface area (Å²) in [5.41, 5.74) is 13.3. The molecule has 1 aromatic carbocycles. The van der Waals surface area contributed by atoms with Crippen LogP contribution in [0.25, 0.3) is 0 Å². The lowest BCUT2D eigenvalue weighted by Crippen LogP contribution is -2.31. The first-order chi connectivity index (χ1) is 13.1. The van der Waals surface area contributed by atoms with E-state index in [-0.39, 0.29) is 5.78 Å². The number of hydrogen-bond acceptors (Lipinski definition) is 5. The van der Waals surface area contributed by atoms with Gasteiger partial charge in [-0.05, 0) is 37.9 Å². The van der Waals surface area contributed by atoms with E-state index < -0.39 is 18.2 Å². The average molecular weight is 405 g/mol. The van der Waals surface area contributed by atoms with E-state index in [4.69, 9.17) is 21.4 Å². The number of nitrogens with two attached hydrogens (primary N) is 2. The fourth-order valence-corrected chi connectivity index (χ4v) is 2.28. The van der Waals surface area contributed by atoms with E-state index >= 15 is 0 Å². The fraction of sp³-hybridized carbons (Fsp3) is 0.579. The Balaban J connectivity index is 0.000000887. The maximum atomic E-state index is 12.5. The summed E-state index contributed by atoms with van der Waals surface area (Å²) < 4.78 is 31.7. The zero-order valence-corrected chi connectivity index (χ0v) is 16.1. The minimum absolute atomic E-state index is 0.0416. The Labute approximate surface area is 163 Å². The van der Waals surface area contributed by atoms with Crippen molar-refractivity contribution in [1.82, 2.24) is 5.32 Å². The van der Waals surface area contributed by atoms with Crippen LogP contribution in [-0.2, 0) is 11.3 Å². The van der Waals surface area contributed by atoms with E-state index in [1.165, 1.54) is 6.42 Å². The van der Waals surface area contributed by atoms with Crippen LogP contribution in [0, 0.1) is 0 Å². The van der Waals surface area contributed by atoms with Crippen LogP contribution in [0.2, 0.25) is 0 Å². The van der Waals surface area contributed by atoms with Crippen molar-refractivity contribution in [2.45, 2.75) is 57.8 Å². The summed E-state index contributed by atoms with van der Waals surface area (Å²) in [6, 6.07) is 7.32. The Morgan fingerprint density at radius 3 is 2.32 bits per heavy atom. The van der Waals surface area contributed by atoms with Crippen LogP contribution in [0.3, 0.4) is 0 Å². The molecule has 0 aliphatic heterocycles. The number of rotatable bonds is 11. The van der Waals surface area contributed by atoms with Crippen molar-refractivity contribution in [2.24, 2.45) is 11.5 Å². The van der Waals surface area contributed by atoms with Gasteiger partial charge < -0.3 is 21.9 Å². The Morgan fingerprint density at radius 1 is 1.18 bits per heavy atom. The third kappa shape index (κ3) is 11.0. The highest BCUT2D eigenvalue weighted by Gasteiger charge is 2.38. The molecule has 0 fully saturated rings. The number of carboxylic acid groups (broad SMARTS) is 1. The molecule has 0 spiro atoms. The van der Waals surface area contributed by atoms with Gasteiger partial charge in [0.25, 0.3) is 0 Å². The van der Waals surface area contributed by atoms with Gasteiger partial charge in [0.1, 0.15) is 0 Å². The van der Waals surface area contributed by atoms with Gasteiger partial charge >= 0.3 is 12.1 Å². The highest BCUT2D eigenvalue weighted by atomic mass is 19.4. The first-order valence-electron chi connectivity index (χ1n) is 9.23. The summed E-state index contributed by atoms with van der Waals surface area (Å²) in [6.07, 6.45) is -0.247. The highest BCUT2D eigenvalue weighted by molar-refractivity contribution is 6.01. The summed E-state index contributed by atoms with van der Waals surface area (Å²) >= 11 is 0. The van der Waals surface area contributed by atoms with Gasteiger partial charge in [0.2, 0.25) is 0 Å². The molecular weight excluding hydrogens is 375 g/mol. The van der Waals surface area contributed by atoms with Crippen molar-refractivity contribution in [3.8, 4) is 0 Å². The lowest BCUT2D eigenvalue weighted by atomic mass is 9.96. The second-order valence-electron chi connectivity index (χ2n) is 6.25. The predicted molar refractivity (Wildman–Crippen MR) is 102 cm³/mol. The summed E-state index contributed by atoms with van der Waals surface area (Å²) in [4.78, 5) is 21.4. The maximum absolute atomic E-state index is 12.5. The van der Waals surface area contributed by atoms with E-state index in [0.29, 0.717) is 13.0 Å². The molecule has 160 valence electrons. The lowest BCUT2D eigenvalue weighted by molar-refractivity contribution is -0.192. The van der Waals surface area contributed by atoms with Gasteiger partial charge in [-0.15, -0.1) is 0 Å². The summed E-state index contributed by atoms with van der Waals surface area (Å²) in [5.74, 6) is -2.72. The average Bonchev–Trinajstić information content (AvgIpc) is 2.65. The van der Waals surface area contributed by atoms with Gasteiger partial charge in [0.15, 0.2) is 5.78 Å². The van der Waals surface area contributed by atoms with E-state index in [9.17, 15) is 18.0 Å². The van der Waals surface area contributed by atoms with Crippen molar-refractivity contribution < 1.29 is 27.9 Å². The minimum atomic E-state index is -5.08. The molecule has 0 bridgehead atoms. The number of halogens is 3. The van der Waals surface area contributed by atoms with E-state index in [1.807, 2.05) is 24.3 Å². The Hall–Kier alpha value is -1.97. The number of hydrogen-bond donors (Lipinski definition) is 4. The standard InChI is InChI=1S/C17H29N3O.C2HF3O2/c1-2-3-12-20-13-14-8-4-5-9-15(14)17(21)16(19)10-6-7-11-18;3-2(4,5)1(6)7/h4-5,8-9,16,20H,2-3,6-7,10-13,18-19H2,1H3;(H,6,7)/t16-;/m0./s1. The third-order valence-electron chi connectivity index (χ3n) is 3.85. The van der Waals surface area contributed by atoms with Crippen molar-refractivity contribution in [3.05, 3.63) is 35.4 Å². The second-order valence-corrected chi connectivity index (χ2v) is 6.25. The number of carboxylic acids is 1. The van der Waals surface area contributed by atoms with Gasteiger partial charge in [-0.2, -0.15) is 13.2 Å². The van der Waals surface area contributed by atoms with Crippen LogP contribution in [0.4, 0.5) is 13.2 Å². The Bertz CT molecular complexity index is 595. The van der Waals surface area contributed by atoms with Crippen molar-refractivity contribution in [3.63, 3.8) is 0 Å². The zero-order valence-electron chi connectivity index (χ0n) is 16.1. The molecule has 0 unspecified atom stereocenters. The Morgan fingerprint density at radius 2 is 1.79 bits per heavy atom. The fourth-order valence-electron chi connectivity index (χ4n) is 2.28. The van der Waals surface area contributed by atoms with Crippen LogP contribution in [0.15, 0.2) is 24.3 Å². The van der Waals surface area contributed by atoms with Gasteiger partial charge in [0, 0.05) is 12.1 Å². The number of carbonyl (C=O) groups is 2. The molecular formula is C19H30F3N3O3. The smallest absolute Gasteiger partial charge is 0.475 e. The number of Topliss-reactive ketones (excluding diaryl/α,β-unsaturated/α-hetero) is 1. The molecule has 9 heteroatoms. The molecule has 0 amide bonds. The van der Waals surface area contributed by atoms with Crippen molar-refractivity contribution in [2.75, 3.05) is 13.1 Å². The quantitative estimate of drug-likeness (QED) is 0.332. The van der Waals surface area contributed by atoms with Gasteiger partial charge in [-0.3, -0.25) is 4.79 Å². The molecule has 28 heavy (non-hydrogen) atoms. The minimum Gasteiger partial charge on any atom is -0.475 e. The second kappa shape index (κ2) is 14.1. The summed E-state index contributed by atoms with van der Waals surface area (Å²) in [6.45, 7) is 4.51. The molecule has 6 N–H and O–H groups in total. The van der Waals surface area contributed by atoms with E-state index in [1.54, 1.807) is 0 Å². The summed E-state index contributed by atoms with van der Waals surface area (Å²) in [7, 11) is 0. The molecule has 0 saturated carbocycles. The molecule has 0 aromatic heterocycles. The van der Waals surface area contributed by atoms with E-state index in [0.717, 1.165) is 43.5 Å².